The van der Waals surface area contributed by atoms with Gasteiger partial charge in [0.2, 0.25) is 0 Å². The number of nitrogens with two attached hydrogens (primary N) is 1. The van der Waals surface area contributed by atoms with Gasteiger partial charge in [-0.1, -0.05) is 13.8 Å². The predicted octanol–water partition coefficient (Wildman–Crippen LogP) is 2.91. The Balaban J connectivity index is 2.29. The highest BCUT2D eigenvalue weighted by Crippen LogP contribution is 2.37. The number of pyridine rings is 1. The molecule has 4 nitrogen and oxygen atoms in total. The van der Waals surface area contributed by atoms with Crippen molar-refractivity contribution >= 4 is 11.5 Å². The molecule has 0 aromatic carbocycles. The molecule has 0 bridgehead atoms. The second-order valence-corrected chi connectivity index (χ2v) is 5.90. The number of allylic oxidation sites excluding steroid dienone is 2. The lowest BCUT2D eigenvalue weighted by molar-refractivity contribution is 0.315. The maximum atomic E-state index is 8.36. The van der Waals surface area contributed by atoms with Gasteiger partial charge in [-0.15, -0.1) is 0 Å². The number of hydrogen-bond donors (Lipinski definition) is 3. The summed E-state index contributed by atoms with van der Waals surface area (Å²) in [5.74, 6) is 0.776. The van der Waals surface area contributed by atoms with E-state index in [1.165, 1.54) is 0 Å². The molecule has 1 aliphatic rings. The van der Waals surface area contributed by atoms with Gasteiger partial charge in [0, 0.05) is 24.5 Å². The van der Waals surface area contributed by atoms with Gasteiger partial charge in [-0.25, -0.2) is 4.98 Å². The number of nitrogens with one attached hydrogen (secondary N) is 2. The third-order valence-electron chi connectivity index (χ3n) is 3.71. The van der Waals surface area contributed by atoms with Gasteiger partial charge in [0.25, 0.3) is 0 Å². The monoisotopic (exact) mass is 258 g/mol. The highest BCUT2D eigenvalue weighted by Gasteiger charge is 2.27. The Morgan fingerprint density at radius 3 is 2.84 bits per heavy atom. The molecule has 1 aliphatic carbocycles. The Kier molecular flexibility index (Phi) is 3.60. The predicted molar refractivity (Wildman–Crippen MR) is 79.5 cm³/mol. The first-order valence-electron chi connectivity index (χ1n) is 6.63. The Morgan fingerprint density at radius 2 is 2.21 bits per heavy atom. The lowest BCUT2D eigenvalue weighted by Crippen LogP contribution is -2.25. The molecule has 19 heavy (non-hydrogen) atoms. The Hall–Kier alpha value is -1.84. The van der Waals surface area contributed by atoms with Gasteiger partial charge in [-0.2, -0.15) is 0 Å². The summed E-state index contributed by atoms with van der Waals surface area (Å²) < 4.78 is 0. The van der Waals surface area contributed by atoms with Crippen LogP contribution in [0.5, 0.6) is 0 Å². The Labute approximate surface area is 114 Å². The second-order valence-electron chi connectivity index (χ2n) is 5.90. The molecular weight excluding hydrogens is 236 g/mol. The molecule has 1 aromatic rings. The summed E-state index contributed by atoms with van der Waals surface area (Å²) in [6.45, 7) is 4.46. The minimum Gasteiger partial charge on any atom is -0.402 e. The molecule has 0 unspecified atom stereocenters. The zero-order chi connectivity index (χ0) is 14.0. The summed E-state index contributed by atoms with van der Waals surface area (Å²) in [4.78, 5) is 4.17. The SMILES string of the molecule is CNc1cc(C(=N)C2=C(N)CC(C)(C)CC2)ccn1. The summed E-state index contributed by atoms with van der Waals surface area (Å²) >= 11 is 0. The van der Waals surface area contributed by atoms with Crippen molar-refractivity contribution in [1.82, 2.24) is 4.98 Å². The molecule has 0 fully saturated rings. The van der Waals surface area contributed by atoms with Crippen LogP contribution >= 0.6 is 0 Å². The molecule has 2 rings (SSSR count). The number of aromatic nitrogens is 1. The minimum atomic E-state index is 0.252. The number of hydrogen-bond acceptors (Lipinski definition) is 4. The third-order valence-corrected chi connectivity index (χ3v) is 3.71. The van der Waals surface area contributed by atoms with Crippen molar-refractivity contribution in [3.05, 3.63) is 35.2 Å². The largest absolute Gasteiger partial charge is 0.402 e. The molecule has 0 amide bonds. The van der Waals surface area contributed by atoms with Crippen LogP contribution in [0, 0.1) is 10.8 Å². The quantitative estimate of drug-likeness (QED) is 0.730. The number of anilines is 1. The third kappa shape index (κ3) is 2.95. The van der Waals surface area contributed by atoms with E-state index in [1.54, 1.807) is 6.20 Å². The molecule has 4 heteroatoms. The van der Waals surface area contributed by atoms with Gasteiger partial charge in [0.1, 0.15) is 5.82 Å². The van der Waals surface area contributed by atoms with Crippen LogP contribution in [0.3, 0.4) is 0 Å². The molecular formula is C15H22N4. The zero-order valence-electron chi connectivity index (χ0n) is 11.9. The van der Waals surface area contributed by atoms with E-state index in [0.717, 1.165) is 41.9 Å². The second kappa shape index (κ2) is 5.03. The van der Waals surface area contributed by atoms with Crippen LogP contribution in [0.1, 0.15) is 38.7 Å². The zero-order valence-corrected chi connectivity index (χ0v) is 11.9. The summed E-state index contributed by atoms with van der Waals surface area (Å²) in [5, 5.41) is 11.4. The van der Waals surface area contributed by atoms with Crippen molar-refractivity contribution in [1.29, 1.82) is 5.41 Å². The maximum Gasteiger partial charge on any atom is 0.126 e. The van der Waals surface area contributed by atoms with Crippen molar-refractivity contribution in [3.8, 4) is 0 Å². The van der Waals surface area contributed by atoms with Gasteiger partial charge >= 0.3 is 0 Å². The van der Waals surface area contributed by atoms with Crippen LogP contribution in [0.15, 0.2) is 29.6 Å². The van der Waals surface area contributed by atoms with E-state index >= 15 is 0 Å². The van der Waals surface area contributed by atoms with Crippen LogP contribution < -0.4 is 11.1 Å². The van der Waals surface area contributed by atoms with Gasteiger partial charge in [0.05, 0.1) is 5.71 Å². The first kappa shape index (κ1) is 13.6. The molecule has 0 radical (unpaired) electrons. The maximum absolute atomic E-state index is 8.36. The Bertz CT molecular complexity index is 529. The van der Waals surface area contributed by atoms with E-state index in [2.05, 4.69) is 24.1 Å². The standard InChI is InChI=1S/C15H22N4/c1-15(2)6-4-11(12(16)9-15)14(17)10-5-7-19-13(8-10)18-3/h5,7-8,17H,4,6,9,16H2,1-3H3,(H,18,19). The van der Waals surface area contributed by atoms with E-state index in [1.807, 2.05) is 19.2 Å². The summed E-state index contributed by atoms with van der Waals surface area (Å²) in [7, 11) is 1.83. The highest BCUT2D eigenvalue weighted by atomic mass is 14.9. The van der Waals surface area contributed by atoms with E-state index < -0.39 is 0 Å². The van der Waals surface area contributed by atoms with E-state index in [0.29, 0.717) is 5.71 Å². The molecule has 102 valence electrons. The van der Waals surface area contributed by atoms with E-state index in [9.17, 15) is 0 Å². The molecule has 4 N–H and O–H groups in total. The average Bonchev–Trinajstić information content (AvgIpc) is 2.37. The van der Waals surface area contributed by atoms with E-state index in [4.69, 9.17) is 11.1 Å². The summed E-state index contributed by atoms with van der Waals surface area (Å²) in [5.41, 5.74) is 9.69. The first-order valence-corrected chi connectivity index (χ1v) is 6.63. The number of nitrogens with zero attached hydrogens (tertiary/aromatic N) is 1. The smallest absolute Gasteiger partial charge is 0.126 e. The van der Waals surface area contributed by atoms with Crippen LogP contribution in [-0.4, -0.2) is 17.7 Å². The fourth-order valence-electron chi connectivity index (χ4n) is 2.52. The van der Waals surface area contributed by atoms with Crippen LogP contribution in [0.4, 0.5) is 5.82 Å². The van der Waals surface area contributed by atoms with Gasteiger partial charge in [0.15, 0.2) is 0 Å². The van der Waals surface area contributed by atoms with Crippen molar-refractivity contribution in [2.75, 3.05) is 12.4 Å². The lowest BCUT2D eigenvalue weighted by Gasteiger charge is -2.31. The van der Waals surface area contributed by atoms with Gasteiger partial charge in [-0.05, 0) is 42.4 Å². The fourth-order valence-corrected chi connectivity index (χ4v) is 2.52. The number of rotatable bonds is 3. The molecule has 0 aliphatic heterocycles. The van der Waals surface area contributed by atoms with Crippen molar-refractivity contribution in [3.63, 3.8) is 0 Å². The van der Waals surface area contributed by atoms with Crippen molar-refractivity contribution < 1.29 is 0 Å². The summed E-state index contributed by atoms with van der Waals surface area (Å²) in [6, 6.07) is 3.76. The topological polar surface area (TPSA) is 74.8 Å². The highest BCUT2D eigenvalue weighted by molar-refractivity contribution is 6.11. The van der Waals surface area contributed by atoms with Gasteiger partial charge < -0.3 is 11.1 Å². The minimum absolute atomic E-state index is 0.252. The molecule has 1 heterocycles. The Morgan fingerprint density at radius 1 is 1.47 bits per heavy atom. The molecule has 0 atom stereocenters. The van der Waals surface area contributed by atoms with Crippen LogP contribution in [0.25, 0.3) is 0 Å². The fraction of sp³-hybridized carbons (Fsp3) is 0.467. The molecule has 1 aromatic heterocycles. The van der Waals surface area contributed by atoms with Crippen LogP contribution in [0.2, 0.25) is 0 Å². The van der Waals surface area contributed by atoms with Crippen molar-refractivity contribution in [2.45, 2.75) is 33.1 Å². The van der Waals surface area contributed by atoms with E-state index in [-0.39, 0.29) is 5.41 Å². The molecule has 0 saturated heterocycles. The van der Waals surface area contributed by atoms with Crippen molar-refractivity contribution in [2.24, 2.45) is 11.1 Å². The average molecular weight is 258 g/mol. The first-order chi connectivity index (χ1) is 8.93. The normalized spacial score (nSPS) is 18.3. The summed E-state index contributed by atoms with van der Waals surface area (Å²) in [6.07, 6.45) is 4.55. The molecule has 0 spiro atoms. The molecule has 0 saturated carbocycles. The van der Waals surface area contributed by atoms with Gasteiger partial charge in [-0.3, -0.25) is 5.41 Å². The lowest BCUT2D eigenvalue weighted by atomic mass is 9.75. The van der Waals surface area contributed by atoms with Crippen LogP contribution in [-0.2, 0) is 0 Å².